The summed E-state index contributed by atoms with van der Waals surface area (Å²) in [5.41, 5.74) is -9.92. The number of fused-ring (bicyclic) bond motifs is 4. The maximum atomic E-state index is 13.9. The Morgan fingerprint density at radius 3 is 0.967 bits per heavy atom. The average molecular weight is 1350 g/mol. The van der Waals surface area contributed by atoms with Crippen molar-refractivity contribution in [1.29, 1.82) is 0 Å². The van der Waals surface area contributed by atoms with Gasteiger partial charge in [-0.25, -0.2) is 19.2 Å². The predicted octanol–water partition coefficient (Wildman–Crippen LogP) is 13.9. The zero-order valence-corrected chi connectivity index (χ0v) is 53.0. The molecule has 8 unspecified atom stereocenters. The van der Waals surface area contributed by atoms with Crippen LogP contribution in [-0.2, 0) is 66.7 Å². The Bertz CT molecular complexity index is 2210. The second kappa shape index (κ2) is 35.9. The molecule has 0 saturated heterocycles. The quantitative estimate of drug-likeness (QED) is 0.0339. The summed E-state index contributed by atoms with van der Waals surface area (Å²) >= 11 is 0. The molecule has 528 valence electrons. The molecule has 0 aliphatic heterocycles. The number of hydrogen-bond donors (Lipinski definition) is 2. The molecule has 32 heteroatoms. The SMILES string of the molecule is C=C(C)C(=O)OC.C=C(C)C(=O)OC(CC)C(F)(F)C(=O)OCOC.CCC(C)(C)C(=O)OC.CCC(OC(=O)C(C)(C)CC)C(F)(F)C(=O)OCOC.OC(CC1CC2CCC1C2)(C(F)(F)F)C(F)(F)F.OC(CC1CC2CCC1C2)(C(F)(F)F)C(F)(F)F. The Labute approximate surface area is 513 Å². The van der Waals surface area contributed by atoms with Gasteiger partial charge in [-0.15, -0.1) is 0 Å². The van der Waals surface area contributed by atoms with Gasteiger partial charge in [0.15, 0.2) is 25.8 Å². The lowest BCUT2D eigenvalue weighted by Crippen LogP contribution is -2.58. The third-order valence-corrected chi connectivity index (χ3v) is 15.9. The van der Waals surface area contributed by atoms with E-state index in [9.17, 15) is 99.0 Å². The largest absolute Gasteiger partial charge is 0.469 e. The molecule has 0 amide bonds. The minimum Gasteiger partial charge on any atom is -0.469 e. The van der Waals surface area contributed by atoms with Gasteiger partial charge in [0, 0.05) is 25.4 Å². The molecule has 4 aliphatic rings. The Hall–Kier alpha value is -4.98. The van der Waals surface area contributed by atoms with E-state index in [-0.39, 0.29) is 59.4 Å². The fourth-order valence-electron chi connectivity index (χ4n) is 9.56. The Kier molecular flexibility index (Phi) is 34.7. The topological polar surface area (TPSA) is 217 Å². The van der Waals surface area contributed by atoms with E-state index in [1.54, 1.807) is 27.7 Å². The van der Waals surface area contributed by atoms with Crippen LogP contribution in [0.4, 0.5) is 70.2 Å². The zero-order valence-electron chi connectivity index (χ0n) is 53.0. The number of halogens is 16. The van der Waals surface area contributed by atoms with E-state index in [0.717, 1.165) is 19.3 Å². The third kappa shape index (κ3) is 25.1. The van der Waals surface area contributed by atoms with Crippen LogP contribution >= 0.6 is 0 Å². The number of rotatable bonds is 22. The molecule has 0 heterocycles. The van der Waals surface area contributed by atoms with Crippen molar-refractivity contribution in [3.63, 3.8) is 0 Å². The van der Waals surface area contributed by atoms with Gasteiger partial charge in [0.25, 0.3) is 11.2 Å². The van der Waals surface area contributed by atoms with Gasteiger partial charge in [-0.1, -0.05) is 53.7 Å². The van der Waals surface area contributed by atoms with E-state index in [1.165, 1.54) is 49.2 Å². The number of ether oxygens (including phenoxy) is 8. The van der Waals surface area contributed by atoms with Crippen LogP contribution in [0.1, 0.15) is 159 Å². The van der Waals surface area contributed by atoms with Gasteiger partial charge < -0.3 is 48.1 Å². The molecule has 0 aromatic heterocycles. The van der Waals surface area contributed by atoms with Gasteiger partial charge in [0.1, 0.15) is 0 Å². The Balaban J connectivity index is 0. The molecule has 4 rings (SSSR count). The maximum absolute atomic E-state index is 13.9. The number of carbonyl (C=O) groups is 6. The second-order valence-corrected chi connectivity index (χ2v) is 23.5. The summed E-state index contributed by atoms with van der Waals surface area (Å²) in [4.78, 5) is 66.4. The summed E-state index contributed by atoms with van der Waals surface area (Å²) in [5, 5.41) is 18.2. The lowest BCUT2D eigenvalue weighted by Gasteiger charge is -2.36. The number of methoxy groups -OCH3 is 4. The molecule has 0 aromatic carbocycles. The summed E-state index contributed by atoms with van der Waals surface area (Å²) < 4.78 is 240. The lowest BCUT2D eigenvalue weighted by molar-refractivity contribution is -0.373. The molecular weight excluding hydrogens is 1260 g/mol. The summed E-state index contributed by atoms with van der Waals surface area (Å²) in [6.07, 6.45) is -22.8. The fourth-order valence-corrected chi connectivity index (χ4v) is 9.56. The van der Waals surface area contributed by atoms with Crippen molar-refractivity contribution < 1.29 is 147 Å². The highest BCUT2D eigenvalue weighted by atomic mass is 19.4. The molecule has 16 nitrogen and oxygen atoms in total. The second-order valence-electron chi connectivity index (χ2n) is 23.5. The smallest absolute Gasteiger partial charge is 0.426 e. The monoisotopic (exact) mass is 1340 g/mol. The molecule has 90 heavy (non-hydrogen) atoms. The zero-order chi connectivity index (χ0) is 71.2. The molecular formula is C58H88F16O16. The van der Waals surface area contributed by atoms with Crippen molar-refractivity contribution in [1.82, 2.24) is 0 Å². The number of aliphatic hydroxyl groups is 2. The van der Waals surface area contributed by atoms with Crippen LogP contribution in [0.25, 0.3) is 0 Å². The number of carbonyl (C=O) groups excluding carboxylic acids is 6. The van der Waals surface area contributed by atoms with Gasteiger partial charge >= 0.3 is 72.4 Å². The molecule has 0 spiro atoms. The van der Waals surface area contributed by atoms with E-state index in [2.05, 4.69) is 46.3 Å². The first kappa shape index (κ1) is 87.1. The summed E-state index contributed by atoms with van der Waals surface area (Å²) in [5.74, 6) is -14.7. The molecule has 4 bridgehead atoms. The summed E-state index contributed by atoms with van der Waals surface area (Å²) in [7, 11) is 5.13. The first-order valence-electron chi connectivity index (χ1n) is 28.4. The van der Waals surface area contributed by atoms with Crippen LogP contribution in [0.15, 0.2) is 24.3 Å². The van der Waals surface area contributed by atoms with Crippen LogP contribution in [0.2, 0.25) is 0 Å². The highest BCUT2D eigenvalue weighted by molar-refractivity contribution is 5.88. The third-order valence-electron chi connectivity index (χ3n) is 15.9. The van der Waals surface area contributed by atoms with Crippen LogP contribution in [0.5, 0.6) is 0 Å². The Morgan fingerprint density at radius 2 is 0.767 bits per heavy atom. The van der Waals surface area contributed by atoms with Gasteiger partial charge in [0.2, 0.25) is 0 Å². The highest BCUT2D eigenvalue weighted by Gasteiger charge is 2.72. The van der Waals surface area contributed by atoms with Crippen molar-refractivity contribution in [3.8, 4) is 0 Å². The lowest BCUT2D eigenvalue weighted by atomic mass is 9.79. The van der Waals surface area contributed by atoms with Crippen LogP contribution in [0.3, 0.4) is 0 Å². The molecule has 4 aliphatic carbocycles. The predicted molar refractivity (Wildman–Crippen MR) is 289 cm³/mol. The maximum Gasteiger partial charge on any atom is 0.426 e. The van der Waals surface area contributed by atoms with Gasteiger partial charge in [-0.3, -0.25) is 9.59 Å². The first-order valence-corrected chi connectivity index (χ1v) is 28.4. The van der Waals surface area contributed by atoms with Crippen molar-refractivity contribution in [2.24, 2.45) is 46.3 Å². The van der Waals surface area contributed by atoms with E-state index in [4.69, 9.17) is 14.9 Å². The Morgan fingerprint density at radius 1 is 0.456 bits per heavy atom. The standard InChI is InChI=1S/C13H22F2O5.2C11H14F6O.C11H16F2O5.C7H14O2.C5H8O2/c1-6-9(20-10(16)12(3,4)7-2)13(14,15)11(17)19-8-18-5;2*12-10(13,14)9(18,11(15,16)17)5-8-4-6-1-2-7(8)3-6;1-5-8(18-9(14)7(2)3)11(12,13)10(15)17-6-16-4;1-5-7(2,3)6(8)9-4;1-4(2)5(6)7-3/h9H,6-8H2,1-5H3;2*6-8,18H,1-5H2;8H,2,5-6H2,1,3-4H3;5H2,1-4H3;1H2,2-3H3. The number of esters is 6. The van der Waals surface area contributed by atoms with E-state index in [0.29, 0.717) is 50.5 Å². The van der Waals surface area contributed by atoms with E-state index < -0.39 is 128 Å². The highest BCUT2D eigenvalue weighted by Crippen LogP contribution is 2.57. The van der Waals surface area contributed by atoms with Gasteiger partial charge in [-0.05, 0) is 154 Å². The summed E-state index contributed by atoms with van der Waals surface area (Å²) in [6, 6.07) is 0. The molecule has 2 N–H and O–H groups in total. The summed E-state index contributed by atoms with van der Waals surface area (Å²) in [6.45, 7) is 21.7. The minimum absolute atomic E-state index is 0.0329. The van der Waals surface area contributed by atoms with Crippen molar-refractivity contribution >= 4 is 35.8 Å². The van der Waals surface area contributed by atoms with Crippen molar-refractivity contribution in [2.75, 3.05) is 42.0 Å². The molecule has 8 atom stereocenters. The molecule has 0 radical (unpaired) electrons. The van der Waals surface area contributed by atoms with Gasteiger partial charge in [-0.2, -0.15) is 70.2 Å². The fraction of sp³-hybridized carbons (Fsp3) is 0.828. The number of hydrogen-bond acceptors (Lipinski definition) is 16. The van der Waals surface area contributed by atoms with Crippen LogP contribution in [0, 0.1) is 46.3 Å². The van der Waals surface area contributed by atoms with Crippen molar-refractivity contribution in [2.45, 2.75) is 219 Å². The van der Waals surface area contributed by atoms with Crippen LogP contribution < -0.4 is 0 Å². The van der Waals surface area contributed by atoms with Crippen LogP contribution in [-0.4, -0.2) is 148 Å². The molecule has 0 aromatic rings. The van der Waals surface area contributed by atoms with Gasteiger partial charge in [0.05, 0.1) is 25.0 Å². The number of alkyl halides is 16. The normalized spacial score (nSPS) is 20.6. The molecule has 4 saturated carbocycles. The molecule has 4 fully saturated rings. The first-order chi connectivity index (χ1) is 40.7. The van der Waals surface area contributed by atoms with E-state index >= 15 is 0 Å². The van der Waals surface area contributed by atoms with E-state index in [1.807, 2.05) is 20.8 Å². The minimum atomic E-state index is -5.67. The van der Waals surface area contributed by atoms with Crippen molar-refractivity contribution in [3.05, 3.63) is 24.3 Å². The average Bonchev–Trinajstić information content (AvgIpc) is 1.35.